The smallest absolute Gasteiger partial charge is 0.208 e. The molecule has 0 N–H and O–H groups in total. The minimum Gasteiger partial charge on any atom is -0.353 e. The van der Waals surface area contributed by atoms with Gasteiger partial charge in [0.25, 0.3) is 0 Å². The summed E-state index contributed by atoms with van der Waals surface area (Å²) in [7, 11) is 1.61. The number of rotatable bonds is 8. The SMILES string of the molecule is Cc1cc(C(=O)CC2(C(=O)CC3CCc4cc(-c5cc(Cl)cc(F)c5-c5nnn(C)n5)cnc43)CC2)on1. The highest BCUT2D eigenvalue weighted by Gasteiger charge is 2.51. The minimum atomic E-state index is -0.614. The molecule has 11 heteroatoms. The van der Waals surface area contributed by atoms with Crippen LogP contribution in [0.15, 0.2) is 35.0 Å². The highest BCUT2D eigenvalue weighted by molar-refractivity contribution is 6.31. The molecule has 1 atom stereocenters. The Morgan fingerprint density at radius 1 is 1.24 bits per heavy atom. The third kappa shape index (κ3) is 4.42. The first-order valence-electron chi connectivity index (χ1n) is 12.4. The van der Waals surface area contributed by atoms with E-state index in [9.17, 15) is 14.0 Å². The summed E-state index contributed by atoms with van der Waals surface area (Å²) in [6.45, 7) is 1.75. The molecule has 0 amide bonds. The zero-order valence-electron chi connectivity index (χ0n) is 20.9. The lowest BCUT2D eigenvalue weighted by atomic mass is 9.86. The zero-order valence-corrected chi connectivity index (χ0v) is 21.6. The van der Waals surface area contributed by atoms with Gasteiger partial charge in [0.05, 0.1) is 18.3 Å². The van der Waals surface area contributed by atoms with Gasteiger partial charge in [0.2, 0.25) is 17.4 Å². The maximum atomic E-state index is 15.0. The van der Waals surface area contributed by atoms with Crippen LogP contribution in [-0.2, 0) is 18.3 Å². The maximum Gasteiger partial charge on any atom is 0.208 e. The summed E-state index contributed by atoms with van der Waals surface area (Å²) in [4.78, 5) is 32.0. The number of aromatic nitrogens is 6. The molecule has 6 rings (SSSR count). The average Bonchev–Trinajstić information content (AvgIpc) is 3.17. The minimum absolute atomic E-state index is 0.0242. The second-order valence-corrected chi connectivity index (χ2v) is 10.7. The molecule has 1 unspecified atom stereocenters. The largest absolute Gasteiger partial charge is 0.353 e. The van der Waals surface area contributed by atoms with Gasteiger partial charge < -0.3 is 4.52 Å². The van der Waals surface area contributed by atoms with Crippen molar-refractivity contribution in [3.05, 3.63) is 64.0 Å². The van der Waals surface area contributed by atoms with Crippen molar-refractivity contribution in [2.24, 2.45) is 12.5 Å². The average molecular weight is 535 g/mol. The monoisotopic (exact) mass is 534 g/mol. The van der Waals surface area contributed by atoms with Crippen molar-refractivity contribution >= 4 is 23.2 Å². The Hall–Kier alpha value is -3.79. The Balaban J connectivity index is 1.23. The van der Waals surface area contributed by atoms with Crippen LogP contribution in [0.3, 0.4) is 0 Å². The van der Waals surface area contributed by atoms with Gasteiger partial charge in [-0.05, 0) is 67.1 Å². The summed E-state index contributed by atoms with van der Waals surface area (Å²) >= 11 is 6.19. The van der Waals surface area contributed by atoms with E-state index in [2.05, 4.69) is 20.6 Å². The highest BCUT2D eigenvalue weighted by Crippen LogP contribution is 2.52. The van der Waals surface area contributed by atoms with Crippen LogP contribution < -0.4 is 0 Å². The van der Waals surface area contributed by atoms with E-state index in [0.717, 1.165) is 24.1 Å². The number of fused-ring (bicyclic) bond motifs is 1. The van der Waals surface area contributed by atoms with Gasteiger partial charge in [-0.15, -0.1) is 10.2 Å². The molecule has 2 aliphatic rings. The van der Waals surface area contributed by atoms with E-state index in [1.54, 1.807) is 32.3 Å². The number of carbonyl (C=O) groups excluding carboxylic acids is 2. The van der Waals surface area contributed by atoms with Gasteiger partial charge in [-0.25, -0.2) is 4.39 Å². The molecule has 1 aromatic carbocycles. The normalized spacial score (nSPS) is 17.4. The van der Waals surface area contributed by atoms with Crippen molar-refractivity contribution in [3.8, 4) is 22.5 Å². The van der Waals surface area contributed by atoms with Crippen LogP contribution in [0.4, 0.5) is 4.39 Å². The molecule has 1 fully saturated rings. The summed E-state index contributed by atoms with van der Waals surface area (Å²) in [6, 6.07) is 6.47. The molecule has 1 saturated carbocycles. The summed E-state index contributed by atoms with van der Waals surface area (Å²) in [5.41, 5.74) is 3.32. The number of benzene rings is 1. The van der Waals surface area contributed by atoms with E-state index in [0.29, 0.717) is 36.1 Å². The third-order valence-electron chi connectivity index (χ3n) is 7.53. The second-order valence-electron chi connectivity index (χ2n) is 10.3. The molecule has 9 nitrogen and oxygen atoms in total. The molecule has 0 aliphatic heterocycles. The second kappa shape index (κ2) is 9.20. The van der Waals surface area contributed by atoms with Gasteiger partial charge >= 0.3 is 0 Å². The molecular formula is C27H24ClFN6O3. The standard InChI is InChI=1S/C27H24ClFN6O3/c1-14-7-22(38-33-14)21(36)12-27(5-6-27)23(37)9-16-4-3-15-8-17(13-30-25(15)16)19-10-18(28)11-20(29)24(19)26-31-34-35(2)32-26/h7-8,10-11,13,16H,3-6,9,12H2,1-2H3. The predicted molar refractivity (Wildman–Crippen MR) is 135 cm³/mol. The van der Waals surface area contributed by atoms with E-state index < -0.39 is 11.2 Å². The Morgan fingerprint density at radius 2 is 2.05 bits per heavy atom. The summed E-state index contributed by atoms with van der Waals surface area (Å²) in [6.07, 6.45) is 5.10. The molecule has 0 radical (unpaired) electrons. The lowest BCUT2D eigenvalue weighted by molar-refractivity contribution is -0.124. The van der Waals surface area contributed by atoms with Crippen molar-refractivity contribution < 1.29 is 18.5 Å². The van der Waals surface area contributed by atoms with Gasteiger partial charge in [-0.3, -0.25) is 14.6 Å². The molecule has 194 valence electrons. The Morgan fingerprint density at radius 3 is 2.74 bits per heavy atom. The molecule has 4 aromatic rings. The first kappa shape index (κ1) is 24.5. The van der Waals surface area contributed by atoms with E-state index in [1.807, 2.05) is 6.07 Å². The highest BCUT2D eigenvalue weighted by atomic mass is 35.5. The van der Waals surface area contributed by atoms with Crippen LogP contribution in [0.5, 0.6) is 0 Å². The third-order valence-corrected chi connectivity index (χ3v) is 7.75. The molecule has 3 heterocycles. The molecule has 0 spiro atoms. The fraction of sp³-hybridized carbons (Fsp3) is 0.370. The number of hydrogen-bond donors (Lipinski definition) is 0. The molecule has 38 heavy (non-hydrogen) atoms. The van der Waals surface area contributed by atoms with E-state index in [1.165, 1.54) is 10.9 Å². The van der Waals surface area contributed by atoms with Crippen LogP contribution in [0.25, 0.3) is 22.5 Å². The number of Topliss-reactive ketones (excluding diaryl/α,β-unsaturated/α-hetero) is 2. The number of nitrogens with zero attached hydrogens (tertiary/aromatic N) is 6. The maximum absolute atomic E-state index is 15.0. The number of halogens is 2. The zero-order chi connectivity index (χ0) is 26.6. The van der Waals surface area contributed by atoms with E-state index >= 15 is 0 Å². The van der Waals surface area contributed by atoms with E-state index in [-0.39, 0.29) is 46.1 Å². The van der Waals surface area contributed by atoms with Gasteiger partial charge in [0, 0.05) is 52.7 Å². The van der Waals surface area contributed by atoms with Crippen molar-refractivity contribution in [2.75, 3.05) is 0 Å². The molecule has 3 aromatic heterocycles. The molecule has 2 aliphatic carbocycles. The van der Waals surface area contributed by atoms with Gasteiger partial charge in [0.1, 0.15) is 11.6 Å². The quantitative estimate of drug-likeness (QED) is 0.288. The van der Waals surface area contributed by atoms with Crippen molar-refractivity contribution in [2.45, 2.75) is 51.4 Å². The first-order chi connectivity index (χ1) is 18.2. The Labute approximate surface area is 222 Å². The topological polar surface area (TPSA) is 117 Å². The number of hydrogen-bond acceptors (Lipinski definition) is 8. The summed E-state index contributed by atoms with van der Waals surface area (Å²) in [5, 5.41) is 16.0. The lowest BCUT2D eigenvalue weighted by Crippen LogP contribution is -2.21. The van der Waals surface area contributed by atoms with Crippen LogP contribution in [0.1, 0.15) is 65.5 Å². The van der Waals surface area contributed by atoms with Crippen LogP contribution >= 0.6 is 11.6 Å². The van der Waals surface area contributed by atoms with Gasteiger partial charge in [-0.2, -0.15) is 4.80 Å². The fourth-order valence-corrected chi connectivity index (χ4v) is 5.55. The van der Waals surface area contributed by atoms with Gasteiger partial charge in [-0.1, -0.05) is 16.8 Å². The summed E-state index contributed by atoms with van der Waals surface area (Å²) < 4.78 is 20.1. The first-order valence-corrected chi connectivity index (χ1v) is 12.8. The van der Waals surface area contributed by atoms with Crippen LogP contribution in [0, 0.1) is 18.2 Å². The van der Waals surface area contributed by atoms with E-state index in [4.69, 9.17) is 21.1 Å². The lowest BCUT2D eigenvalue weighted by Gasteiger charge is -2.16. The van der Waals surface area contributed by atoms with Crippen molar-refractivity contribution in [1.82, 2.24) is 30.3 Å². The Bertz CT molecular complexity index is 1590. The number of ketones is 2. The van der Waals surface area contributed by atoms with Gasteiger partial charge in [0.15, 0.2) is 0 Å². The number of carbonyl (C=O) groups is 2. The predicted octanol–water partition coefficient (Wildman–Crippen LogP) is 5.07. The van der Waals surface area contributed by atoms with Crippen LogP contribution in [-0.4, -0.2) is 41.9 Å². The number of tetrazole rings is 1. The fourth-order valence-electron chi connectivity index (χ4n) is 5.35. The molecule has 0 bridgehead atoms. The van der Waals surface area contributed by atoms with Crippen molar-refractivity contribution in [1.29, 1.82) is 0 Å². The molecule has 0 saturated heterocycles. The number of pyridine rings is 1. The Kier molecular flexibility index (Phi) is 5.94. The van der Waals surface area contributed by atoms with Crippen LogP contribution in [0.2, 0.25) is 5.02 Å². The number of aryl methyl sites for hydroxylation is 3. The summed E-state index contributed by atoms with van der Waals surface area (Å²) in [5.74, 6) is -0.300. The molecular weight excluding hydrogens is 511 g/mol. The van der Waals surface area contributed by atoms with Crippen molar-refractivity contribution in [3.63, 3.8) is 0 Å².